The van der Waals surface area contributed by atoms with Crippen molar-refractivity contribution in [1.82, 2.24) is 14.8 Å². The van der Waals surface area contributed by atoms with E-state index in [-0.39, 0.29) is 0 Å². The highest BCUT2D eigenvalue weighted by molar-refractivity contribution is 5.81. The SMILES string of the molecule is Cc1nn(C)c2ncc(NCC3CC4C=CC3C4)cc12. The molecule has 4 nitrogen and oxygen atoms in total. The van der Waals surface area contributed by atoms with E-state index in [2.05, 4.69) is 33.6 Å². The molecule has 0 saturated heterocycles. The highest BCUT2D eigenvalue weighted by Crippen LogP contribution is 2.43. The number of nitrogens with zero attached hydrogens (tertiary/aromatic N) is 3. The zero-order valence-electron chi connectivity index (χ0n) is 12.0. The molecule has 2 aromatic rings. The average molecular weight is 268 g/mol. The molecular weight excluding hydrogens is 248 g/mol. The summed E-state index contributed by atoms with van der Waals surface area (Å²) in [6, 6.07) is 2.17. The van der Waals surface area contributed by atoms with Crippen LogP contribution in [-0.4, -0.2) is 21.3 Å². The van der Waals surface area contributed by atoms with Gasteiger partial charge in [-0.3, -0.25) is 4.68 Å². The first-order valence-corrected chi connectivity index (χ1v) is 7.42. The molecule has 2 bridgehead atoms. The number of nitrogens with one attached hydrogen (secondary N) is 1. The van der Waals surface area contributed by atoms with Crippen LogP contribution in [0, 0.1) is 24.7 Å². The van der Waals surface area contributed by atoms with E-state index in [0.29, 0.717) is 0 Å². The maximum atomic E-state index is 4.52. The topological polar surface area (TPSA) is 42.7 Å². The van der Waals surface area contributed by atoms with Crippen molar-refractivity contribution in [2.24, 2.45) is 24.8 Å². The lowest BCUT2D eigenvalue weighted by atomic mass is 9.93. The lowest BCUT2D eigenvalue weighted by Gasteiger charge is -2.19. The van der Waals surface area contributed by atoms with E-state index in [9.17, 15) is 0 Å². The lowest BCUT2D eigenvalue weighted by Crippen LogP contribution is -2.18. The molecule has 2 heterocycles. The summed E-state index contributed by atoms with van der Waals surface area (Å²) in [6.45, 7) is 3.09. The van der Waals surface area contributed by atoms with Crippen molar-refractivity contribution in [2.75, 3.05) is 11.9 Å². The lowest BCUT2D eigenvalue weighted by molar-refractivity contribution is 0.472. The van der Waals surface area contributed by atoms with Crippen LogP contribution in [0.5, 0.6) is 0 Å². The van der Waals surface area contributed by atoms with Crippen LogP contribution < -0.4 is 5.32 Å². The van der Waals surface area contributed by atoms with Gasteiger partial charge in [-0.2, -0.15) is 5.10 Å². The van der Waals surface area contributed by atoms with Crippen LogP contribution in [0.15, 0.2) is 24.4 Å². The van der Waals surface area contributed by atoms with Crippen LogP contribution in [0.2, 0.25) is 0 Å². The van der Waals surface area contributed by atoms with E-state index in [1.54, 1.807) is 0 Å². The number of anilines is 1. The maximum Gasteiger partial charge on any atom is 0.157 e. The first-order valence-electron chi connectivity index (χ1n) is 7.42. The number of allylic oxidation sites excluding steroid dienone is 2. The third-order valence-corrected chi connectivity index (χ3v) is 4.85. The third-order valence-electron chi connectivity index (χ3n) is 4.85. The molecule has 0 aromatic carbocycles. The monoisotopic (exact) mass is 268 g/mol. The van der Waals surface area contributed by atoms with E-state index < -0.39 is 0 Å². The van der Waals surface area contributed by atoms with E-state index in [0.717, 1.165) is 46.7 Å². The van der Waals surface area contributed by atoms with Gasteiger partial charge in [-0.05, 0) is 43.6 Å². The molecule has 4 heteroatoms. The fourth-order valence-corrected chi connectivity index (χ4v) is 3.78. The van der Waals surface area contributed by atoms with Crippen molar-refractivity contribution in [3.05, 3.63) is 30.1 Å². The Bertz CT molecular complexity index is 685. The predicted octanol–water partition coefficient (Wildman–Crippen LogP) is 2.90. The molecule has 2 aromatic heterocycles. The maximum absolute atomic E-state index is 4.52. The molecule has 20 heavy (non-hydrogen) atoms. The zero-order valence-corrected chi connectivity index (χ0v) is 12.0. The van der Waals surface area contributed by atoms with Gasteiger partial charge in [-0.15, -0.1) is 0 Å². The van der Waals surface area contributed by atoms with Crippen molar-refractivity contribution < 1.29 is 0 Å². The van der Waals surface area contributed by atoms with Gasteiger partial charge < -0.3 is 5.32 Å². The number of hydrogen-bond acceptors (Lipinski definition) is 3. The van der Waals surface area contributed by atoms with Crippen LogP contribution in [0.3, 0.4) is 0 Å². The first-order chi connectivity index (χ1) is 9.70. The van der Waals surface area contributed by atoms with Gasteiger partial charge in [-0.25, -0.2) is 4.98 Å². The fourth-order valence-electron chi connectivity index (χ4n) is 3.78. The summed E-state index contributed by atoms with van der Waals surface area (Å²) < 4.78 is 1.84. The molecule has 0 spiro atoms. The molecule has 104 valence electrons. The average Bonchev–Trinajstić information content (AvgIpc) is 3.13. The Morgan fingerprint density at radius 1 is 1.35 bits per heavy atom. The Balaban J connectivity index is 1.51. The van der Waals surface area contributed by atoms with Crippen LogP contribution in [0.1, 0.15) is 18.5 Å². The molecule has 4 rings (SSSR count). The van der Waals surface area contributed by atoms with Gasteiger partial charge in [0.2, 0.25) is 0 Å². The second kappa shape index (κ2) is 4.33. The Kier molecular flexibility index (Phi) is 2.59. The number of rotatable bonds is 3. The van der Waals surface area contributed by atoms with Crippen LogP contribution in [-0.2, 0) is 7.05 Å². The molecule has 1 saturated carbocycles. The first kappa shape index (κ1) is 11.9. The summed E-state index contributed by atoms with van der Waals surface area (Å²) >= 11 is 0. The molecule has 1 fully saturated rings. The number of fused-ring (bicyclic) bond motifs is 3. The molecule has 3 atom stereocenters. The molecule has 2 aliphatic rings. The molecule has 0 aliphatic heterocycles. The van der Waals surface area contributed by atoms with Crippen LogP contribution >= 0.6 is 0 Å². The molecule has 0 amide bonds. The van der Waals surface area contributed by atoms with Crippen molar-refractivity contribution in [3.8, 4) is 0 Å². The van der Waals surface area contributed by atoms with Gasteiger partial charge in [0.15, 0.2) is 5.65 Å². The third kappa shape index (κ3) is 1.82. The Labute approximate surface area is 118 Å². The van der Waals surface area contributed by atoms with Gasteiger partial charge in [-0.1, -0.05) is 12.2 Å². The van der Waals surface area contributed by atoms with Gasteiger partial charge in [0.1, 0.15) is 0 Å². The number of aromatic nitrogens is 3. The summed E-state index contributed by atoms with van der Waals surface area (Å²) in [5.41, 5.74) is 3.11. The van der Waals surface area contributed by atoms with E-state index >= 15 is 0 Å². The minimum absolute atomic E-state index is 0.788. The zero-order chi connectivity index (χ0) is 13.7. The van der Waals surface area contributed by atoms with Crippen molar-refractivity contribution in [3.63, 3.8) is 0 Å². The van der Waals surface area contributed by atoms with Gasteiger partial charge in [0.05, 0.1) is 17.6 Å². The van der Waals surface area contributed by atoms with Crippen molar-refractivity contribution in [2.45, 2.75) is 19.8 Å². The second-order valence-corrected chi connectivity index (χ2v) is 6.23. The van der Waals surface area contributed by atoms with E-state index in [1.165, 1.54) is 12.8 Å². The highest BCUT2D eigenvalue weighted by Gasteiger charge is 2.35. The minimum atomic E-state index is 0.788. The predicted molar refractivity (Wildman–Crippen MR) is 80.6 cm³/mol. The normalized spacial score (nSPS) is 27.6. The van der Waals surface area contributed by atoms with Crippen molar-refractivity contribution in [1.29, 1.82) is 0 Å². The molecule has 2 aliphatic carbocycles. The minimum Gasteiger partial charge on any atom is -0.383 e. The summed E-state index contributed by atoms with van der Waals surface area (Å²) in [4.78, 5) is 4.52. The standard InChI is InChI=1S/C16H20N4/c1-10-15-7-14(9-18-16(15)20(2)19-10)17-8-13-6-11-3-4-12(13)5-11/h3-4,7,9,11-13,17H,5-6,8H2,1-2H3. The Morgan fingerprint density at radius 3 is 3.00 bits per heavy atom. The van der Waals surface area contributed by atoms with Crippen LogP contribution in [0.25, 0.3) is 11.0 Å². The van der Waals surface area contributed by atoms with E-state index in [1.807, 2.05) is 24.9 Å². The summed E-state index contributed by atoms with van der Waals surface area (Å²) in [6.07, 6.45) is 9.44. The fraction of sp³-hybridized carbons (Fsp3) is 0.500. The van der Waals surface area contributed by atoms with Gasteiger partial charge in [0.25, 0.3) is 0 Å². The largest absolute Gasteiger partial charge is 0.383 e. The summed E-state index contributed by atoms with van der Waals surface area (Å²) in [5, 5.41) is 9.13. The number of pyridine rings is 1. The van der Waals surface area contributed by atoms with Gasteiger partial charge in [0, 0.05) is 19.0 Å². The summed E-state index contributed by atoms with van der Waals surface area (Å²) in [5.74, 6) is 2.42. The van der Waals surface area contributed by atoms with Crippen molar-refractivity contribution >= 4 is 16.7 Å². The molecular formula is C16H20N4. The summed E-state index contributed by atoms with van der Waals surface area (Å²) in [7, 11) is 1.94. The van der Waals surface area contributed by atoms with Gasteiger partial charge >= 0.3 is 0 Å². The Morgan fingerprint density at radius 2 is 2.25 bits per heavy atom. The smallest absolute Gasteiger partial charge is 0.157 e. The Hall–Kier alpha value is -1.84. The molecule has 3 unspecified atom stereocenters. The number of hydrogen-bond donors (Lipinski definition) is 1. The number of aryl methyl sites for hydroxylation is 2. The van der Waals surface area contributed by atoms with Crippen LogP contribution in [0.4, 0.5) is 5.69 Å². The highest BCUT2D eigenvalue weighted by atomic mass is 15.3. The molecule has 0 radical (unpaired) electrons. The van der Waals surface area contributed by atoms with E-state index in [4.69, 9.17) is 0 Å². The molecule has 1 N–H and O–H groups in total. The quantitative estimate of drug-likeness (QED) is 0.870. The second-order valence-electron chi connectivity index (χ2n) is 6.23.